The van der Waals surface area contributed by atoms with E-state index in [-0.39, 0.29) is 0 Å². The SMILES string of the molecule is CCCCCCc1ccc(-c2ccc(-c3ccc(-c4ccc(-c5ccc(C)cc5)s4)s3)s2)s1. The molecule has 33 heavy (non-hydrogen) atoms. The molecule has 0 unspecified atom stereocenters. The van der Waals surface area contributed by atoms with E-state index < -0.39 is 0 Å². The summed E-state index contributed by atoms with van der Waals surface area (Å²) in [6, 6.07) is 27.1. The van der Waals surface area contributed by atoms with Gasteiger partial charge >= 0.3 is 0 Å². The number of thiophene rings is 4. The van der Waals surface area contributed by atoms with Crippen molar-refractivity contribution >= 4 is 45.3 Å². The van der Waals surface area contributed by atoms with Crippen LogP contribution in [0.4, 0.5) is 0 Å². The lowest BCUT2D eigenvalue weighted by Crippen LogP contribution is -1.80. The van der Waals surface area contributed by atoms with Gasteiger partial charge < -0.3 is 0 Å². The molecule has 168 valence electrons. The van der Waals surface area contributed by atoms with Crippen molar-refractivity contribution in [1.29, 1.82) is 0 Å². The monoisotopic (exact) mass is 504 g/mol. The van der Waals surface area contributed by atoms with Crippen LogP contribution in [0.15, 0.2) is 72.8 Å². The molecule has 0 radical (unpaired) electrons. The van der Waals surface area contributed by atoms with Crippen LogP contribution in [0.3, 0.4) is 0 Å². The summed E-state index contributed by atoms with van der Waals surface area (Å²) in [5.41, 5.74) is 2.61. The molecule has 0 spiro atoms. The number of benzene rings is 1. The summed E-state index contributed by atoms with van der Waals surface area (Å²) in [5.74, 6) is 0. The highest BCUT2D eigenvalue weighted by atomic mass is 32.1. The third-order valence-electron chi connectivity index (χ3n) is 5.82. The van der Waals surface area contributed by atoms with Crippen LogP contribution in [0.25, 0.3) is 39.7 Å². The second kappa shape index (κ2) is 10.5. The quantitative estimate of drug-likeness (QED) is 0.175. The summed E-state index contributed by atoms with van der Waals surface area (Å²) in [7, 11) is 0. The lowest BCUT2D eigenvalue weighted by molar-refractivity contribution is 0.670. The first-order valence-electron chi connectivity index (χ1n) is 11.7. The van der Waals surface area contributed by atoms with Gasteiger partial charge in [0.25, 0.3) is 0 Å². The van der Waals surface area contributed by atoms with Gasteiger partial charge in [0.2, 0.25) is 0 Å². The fourth-order valence-corrected chi connectivity index (χ4v) is 8.26. The van der Waals surface area contributed by atoms with E-state index in [0.717, 1.165) is 0 Å². The van der Waals surface area contributed by atoms with Gasteiger partial charge in [-0.15, -0.1) is 45.3 Å². The van der Waals surface area contributed by atoms with Crippen LogP contribution < -0.4 is 0 Å². The average Bonchev–Trinajstić information content (AvgIpc) is 3.62. The zero-order valence-electron chi connectivity index (χ0n) is 19.1. The van der Waals surface area contributed by atoms with Gasteiger partial charge in [-0.3, -0.25) is 0 Å². The third kappa shape index (κ3) is 5.41. The second-order valence-corrected chi connectivity index (χ2v) is 12.9. The van der Waals surface area contributed by atoms with E-state index in [4.69, 9.17) is 0 Å². The van der Waals surface area contributed by atoms with E-state index in [1.165, 1.54) is 82.2 Å². The summed E-state index contributed by atoms with van der Waals surface area (Å²) < 4.78 is 0. The Morgan fingerprint density at radius 3 is 1.55 bits per heavy atom. The first-order valence-corrected chi connectivity index (χ1v) is 14.9. The molecule has 0 aliphatic rings. The Morgan fingerprint density at radius 1 is 0.485 bits per heavy atom. The highest BCUT2D eigenvalue weighted by Crippen LogP contribution is 2.44. The van der Waals surface area contributed by atoms with Gasteiger partial charge in [0.05, 0.1) is 0 Å². The zero-order valence-corrected chi connectivity index (χ0v) is 22.4. The van der Waals surface area contributed by atoms with E-state index >= 15 is 0 Å². The molecule has 0 N–H and O–H groups in total. The lowest BCUT2D eigenvalue weighted by atomic mass is 10.1. The number of hydrogen-bond acceptors (Lipinski definition) is 4. The van der Waals surface area contributed by atoms with Crippen LogP contribution in [0.1, 0.15) is 43.0 Å². The molecule has 4 heterocycles. The van der Waals surface area contributed by atoms with Crippen molar-refractivity contribution in [3.05, 3.63) is 83.2 Å². The first kappa shape index (κ1) is 22.8. The van der Waals surface area contributed by atoms with E-state index in [1.807, 2.05) is 45.3 Å². The molecule has 5 aromatic rings. The van der Waals surface area contributed by atoms with Gasteiger partial charge in [-0.05, 0) is 73.9 Å². The van der Waals surface area contributed by atoms with Gasteiger partial charge in [-0.2, -0.15) is 0 Å². The minimum absolute atomic E-state index is 1.22. The minimum Gasteiger partial charge on any atom is -0.139 e. The number of hydrogen-bond donors (Lipinski definition) is 0. The van der Waals surface area contributed by atoms with Crippen molar-refractivity contribution < 1.29 is 0 Å². The minimum atomic E-state index is 1.22. The van der Waals surface area contributed by atoms with Crippen molar-refractivity contribution in [2.24, 2.45) is 0 Å². The molecule has 1 aromatic carbocycles. The Balaban J connectivity index is 1.28. The van der Waals surface area contributed by atoms with Crippen molar-refractivity contribution in [3.8, 4) is 39.7 Å². The Kier molecular flexibility index (Phi) is 7.27. The molecule has 0 saturated heterocycles. The lowest BCUT2D eigenvalue weighted by Gasteiger charge is -1.97. The van der Waals surface area contributed by atoms with Crippen LogP contribution in [-0.2, 0) is 6.42 Å². The largest absolute Gasteiger partial charge is 0.139 e. The molecule has 4 heteroatoms. The van der Waals surface area contributed by atoms with Crippen molar-refractivity contribution in [3.63, 3.8) is 0 Å². The maximum Gasteiger partial charge on any atom is 0.0449 e. The van der Waals surface area contributed by atoms with E-state index in [1.54, 1.807) is 0 Å². The van der Waals surface area contributed by atoms with Gasteiger partial charge in [-0.25, -0.2) is 0 Å². The van der Waals surface area contributed by atoms with Crippen LogP contribution in [0.5, 0.6) is 0 Å². The molecule has 0 nitrogen and oxygen atoms in total. The molecule has 5 rings (SSSR count). The fourth-order valence-electron chi connectivity index (χ4n) is 3.92. The summed E-state index contributed by atoms with van der Waals surface area (Å²) in [4.78, 5) is 11.1. The molecule has 0 amide bonds. The highest BCUT2D eigenvalue weighted by molar-refractivity contribution is 7.29. The number of rotatable bonds is 9. The predicted octanol–water partition coefficient (Wildman–Crippen LogP) is 11.0. The maximum absolute atomic E-state index is 2.33. The molecule has 0 aliphatic carbocycles. The Labute approximate surface area is 213 Å². The topological polar surface area (TPSA) is 0 Å². The van der Waals surface area contributed by atoms with Gasteiger partial charge in [-0.1, -0.05) is 56.0 Å². The molecular weight excluding hydrogens is 477 g/mol. The van der Waals surface area contributed by atoms with Crippen LogP contribution >= 0.6 is 45.3 Å². The van der Waals surface area contributed by atoms with E-state index in [0.29, 0.717) is 0 Å². The zero-order chi connectivity index (χ0) is 22.6. The van der Waals surface area contributed by atoms with Crippen LogP contribution in [0, 0.1) is 6.92 Å². The maximum atomic E-state index is 2.33. The van der Waals surface area contributed by atoms with Crippen molar-refractivity contribution in [2.75, 3.05) is 0 Å². The summed E-state index contributed by atoms with van der Waals surface area (Å²) in [6.07, 6.45) is 6.55. The predicted molar refractivity (Wildman–Crippen MR) is 152 cm³/mol. The molecule has 0 saturated carbocycles. The molecule has 4 aromatic heterocycles. The van der Waals surface area contributed by atoms with Crippen molar-refractivity contribution in [2.45, 2.75) is 46.0 Å². The summed E-state index contributed by atoms with van der Waals surface area (Å²) in [5, 5.41) is 0. The Hall–Kier alpha value is -1.98. The highest BCUT2D eigenvalue weighted by Gasteiger charge is 2.12. The van der Waals surface area contributed by atoms with E-state index in [9.17, 15) is 0 Å². The third-order valence-corrected chi connectivity index (χ3v) is 10.9. The molecule has 0 atom stereocenters. The first-order chi connectivity index (χ1) is 16.2. The molecule has 0 fully saturated rings. The second-order valence-electron chi connectivity index (χ2n) is 8.43. The fraction of sp³-hybridized carbons (Fsp3) is 0.241. The Morgan fingerprint density at radius 2 is 0.970 bits per heavy atom. The van der Waals surface area contributed by atoms with Gasteiger partial charge in [0, 0.05) is 39.0 Å². The number of unbranched alkanes of at least 4 members (excludes halogenated alkanes) is 3. The normalized spacial score (nSPS) is 11.3. The van der Waals surface area contributed by atoms with Crippen LogP contribution in [0.2, 0.25) is 0 Å². The standard InChI is InChI=1S/C29H28S4/c1-3-4-5-6-7-22-12-13-24(30-22)25-16-17-28(32-25)29-19-18-27(33-29)26-15-14-23(31-26)21-10-8-20(2)9-11-21/h8-19H,3-7H2,1-2H3. The summed E-state index contributed by atoms with van der Waals surface area (Å²) >= 11 is 7.68. The molecular formula is C29H28S4. The number of aryl methyl sites for hydroxylation is 2. The summed E-state index contributed by atoms with van der Waals surface area (Å²) in [6.45, 7) is 4.41. The smallest absolute Gasteiger partial charge is 0.0449 e. The molecule has 0 bridgehead atoms. The van der Waals surface area contributed by atoms with Crippen LogP contribution in [-0.4, -0.2) is 0 Å². The van der Waals surface area contributed by atoms with Crippen molar-refractivity contribution in [1.82, 2.24) is 0 Å². The van der Waals surface area contributed by atoms with Gasteiger partial charge in [0.1, 0.15) is 0 Å². The van der Waals surface area contributed by atoms with Gasteiger partial charge in [0.15, 0.2) is 0 Å². The van der Waals surface area contributed by atoms with E-state index in [2.05, 4.69) is 86.6 Å². The molecule has 0 aliphatic heterocycles. The average molecular weight is 505 g/mol. The Bertz CT molecular complexity index is 1310.